The number of alkyl halides is 2. The second kappa shape index (κ2) is 9.73. The zero-order valence-electron chi connectivity index (χ0n) is 21.6. The highest BCUT2D eigenvalue weighted by molar-refractivity contribution is 5.97. The maximum atomic E-state index is 14.7. The van der Waals surface area contributed by atoms with Crippen LogP contribution in [-0.4, -0.2) is 78.0 Å². The van der Waals surface area contributed by atoms with E-state index < -0.39 is 5.92 Å². The van der Waals surface area contributed by atoms with Gasteiger partial charge >= 0.3 is 0 Å². The Hall–Kier alpha value is -2.13. The molecule has 4 rings (SSSR count). The number of rotatable bonds is 7. The van der Waals surface area contributed by atoms with Crippen molar-refractivity contribution in [2.75, 3.05) is 44.2 Å². The zero-order valence-corrected chi connectivity index (χ0v) is 21.6. The first-order valence-corrected chi connectivity index (χ1v) is 12.9. The second-order valence-corrected chi connectivity index (χ2v) is 11.4. The molecule has 3 atom stereocenters. The van der Waals surface area contributed by atoms with Gasteiger partial charge in [-0.3, -0.25) is 19.5 Å². The van der Waals surface area contributed by atoms with Gasteiger partial charge in [0.15, 0.2) is 0 Å². The number of likely N-dealkylation sites (tertiary alicyclic amines) is 1. The van der Waals surface area contributed by atoms with E-state index in [0.29, 0.717) is 50.6 Å². The molecule has 0 aromatic carbocycles. The summed E-state index contributed by atoms with van der Waals surface area (Å²) in [5.41, 5.74) is 0.724. The number of carbonyl (C=O) groups excluding carboxylic acids is 2. The number of piperazine rings is 1. The lowest BCUT2D eigenvalue weighted by Crippen LogP contribution is -2.61. The van der Waals surface area contributed by atoms with E-state index in [2.05, 4.69) is 29.0 Å². The molecule has 1 N–H and O–H groups in total. The molecule has 9 heteroatoms. The van der Waals surface area contributed by atoms with Crippen molar-refractivity contribution in [1.29, 1.82) is 0 Å². The minimum Gasteiger partial charge on any atom is -0.341 e. The van der Waals surface area contributed by atoms with Crippen LogP contribution in [0.4, 0.5) is 14.5 Å². The van der Waals surface area contributed by atoms with E-state index in [1.165, 1.54) is 12.3 Å². The number of aromatic nitrogens is 1. The summed E-state index contributed by atoms with van der Waals surface area (Å²) in [6.07, 6.45) is 2.18. The fourth-order valence-electron chi connectivity index (χ4n) is 5.68. The molecular weight excluding hydrogens is 452 g/mol. The highest BCUT2D eigenvalue weighted by atomic mass is 19.3. The van der Waals surface area contributed by atoms with Gasteiger partial charge in [-0.15, -0.1) is 0 Å². The van der Waals surface area contributed by atoms with Gasteiger partial charge in [0.1, 0.15) is 5.69 Å². The van der Waals surface area contributed by atoms with E-state index in [9.17, 15) is 18.4 Å². The number of nitrogens with zero attached hydrogens (tertiary/aromatic N) is 4. The fourth-order valence-corrected chi connectivity index (χ4v) is 5.68. The average molecular weight is 492 g/mol. The van der Waals surface area contributed by atoms with Crippen molar-refractivity contribution in [2.45, 2.75) is 77.3 Å². The predicted molar refractivity (Wildman–Crippen MR) is 132 cm³/mol. The van der Waals surface area contributed by atoms with Gasteiger partial charge in [0.25, 0.3) is 5.92 Å². The summed E-state index contributed by atoms with van der Waals surface area (Å²) in [6.45, 7) is 13.3. The number of hydrogen-bond acceptors (Lipinski definition) is 5. The van der Waals surface area contributed by atoms with Crippen molar-refractivity contribution in [3.63, 3.8) is 0 Å². The standard InChI is InChI=1S/C26H39F2N5O2/c1-6-7-26(27,28)22-9-21-20(11-30-22)25(4,5)16-33(21)24(35)15-31-13-18(3)29-10-19(31)14-32-12-17(2)8-23(32)34/h9,11,17-19,29H,6-8,10,12-16H2,1-5H3. The first kappa shape index (κ1) is 25.9. The van der Waals surface area contributed by atoms with E-state index in [4.69, 9.17) is 0 Å². The normalized spacial score (nSPS) is 26.9. The van der Waals surface area contributed by atoms with Gasteiger partial charge in [-0.25, -0.2) is 0 Å². The quantitative estimate of drug-likeness (QED) is 0.635. The summed E-state index contributed by atoms with van der Waals surface area (Å²) in [5, 5.41) is 3.47. The second-order valence-electron chi connectivity index (χ2n) is 11.4. The Bertz CT molecular complexity index is 969. The molecule has 35 heavy (non-hydrogen) atoms. The van der Waals surface area contributed by atoms with Crippen LogP contribution in [0.3, 0.4) is 0 Å². The summed E-state index contributed by atoms with van der Waals surface area (Å²) in [5.74, 6) is -2.60. The van der Waals surface area contributed by atoms with E-state index >= 15 is 0 Å². The van der Waals surface area contributed by atoms with Gasteiger partial charge in [-0.1, -0.05) is 34.1 Å². The Morgan fingerprint density at radius 3 is 2.69 bits per heavy atom. The first-order chi connectivity index (χ1) is 16.4. The SMILES string of the molecule is CCCC(F)(F)c1cc2c(cn1)C(C)(C)CN2C(=O)CN1CC(C)NCC1CN1CC(C)CC1=O. The van der Waals surface area contributed by atoms with E-state index in [-0.39, 0.29) is 48.0 Å². The summed E-state index contributed by atoms with van der Waals surface area (Å²) in [6, 6.07) is 1.67. The number of amides is 2. The number of pyridine rings is 1. The molecule has 0 radical (unpaired) electrons. The summed E-state index contributed by atoms with van der Waals surface area (Å²) < 4.78 is 29.3. The third kappa shape index (κ3) is 5.35. The smallest absolute Gasteiger partial charge is 0.289 e. The van der Waals surface area contributed by atoms with Crippen LogP contribution in [0.25, 0.3) is 0 Å². The molecule has 1 aromatic heterocycles. The monoisotopic (exact) mass is 491 g/mol. The predicted octanol–water partition coefficient (Wildman–Crippen LogP) is 3.13. The maximum absolute atomic E-state index is 14.7. The molecule has 194 valence electrons. The third-order valence-electron chi connectivity index (χ3n) is 7.60. The van der Waals surface area contributed by atoms with Crippen LogP contribution in [0.5, 0.6) is 0 Å². The maximum Gasteiger partial charge on any atom is 0.289 e. The van der Waals surface area contributed by atoms with Gasteiger partial charge in [0, 0.05) is 74.8 Å². The molecule has 0 saturated carbocycles. The molecule has 1 aromatic rings. The Morgan fingerprint density at radius 1 is 1.29 bits per heavy atom. The molecule has 3 unspecified atom stereocenters. The first-order valence-electron chi connectivity index (χ1n) is 12.9. The lowest BCUT2D eigenvalue weighted by molar-refractivity contribution is -0.128. The highest BCUT2D eigenvalue weighted by Gasteiger charge is 2.42. The van der Waals surface area contributed by atoms with Crippen LogP contribution in [0.15, 0.2) is 12.3 Å². The Kier molecular flexibility index (Phi) is 7.21. The molecule has 0 bridgehead atoms. The molecule has 0 spiro atoms. The molecule has 3 aliphatic heterocycles. The average Bonchev–Trinajstić information content (AvgIpc) is 3.24. The summed E-state index contributed by atoms with van der Waals surface area (Å²) in [7, 11) is 0. The van der Waals surface area contributed by atoms with Gasteiger partial charge in [-0.2, -0.15) is 8.78 Å². The van der Waals surface area contributed by atoms with Gasteiger partial charge in [0.05, 0.1) is 12.2 Å². The molecule has 2 amide bonds. The lowest BCUT2D eigenvalue weighted by Gasteiger charge is -2.41. The molecule has 4 heterocycles. The molecular formula is C26H39F2N5O2. The van der Waals surface area contributed by atoms with Crippen molar-refractivity contribution in [3.8, 4) is 0 Å². The molecule has 0 aliphatic carbocycles. The van der Waals surface area contributed by atoms with Crippen molar-refractivity contribution >= 4 is 17.5 Å². The topological polar surface area (TPSA) is 68.8 Å². The molecule has 3 aliphatic rings. The summed E-state index contributed by atoms with van der Waals surface area (Å²) in [4.78, 5) is 35.8. The summed E-state index contributed by atoms with van der Waals surface area (Å²) >= 11 is 0. The van der Waals surface area contributed by atoms with Crippen LogP contribution in [-0.2, 0) is 20.9 Å². The van der Waals surface area contributed by atoms with Crippen molar-refractivity contribution in [2.24, 2.45) is 5.92 Å². The fraction of sp³-hybridized carbons (Fsp3) is 0.731. The van der Waals surface area contributed by atoms with Gasteiger partial charge < -0.3 is 15.1 Å². The zero-order chi connectivity index (χ0) is 25.5. The van der Waals surface area contributed by atoms with Crippen molar-refractivity contribution < 1.29 is 18.4 Å². The Balaban J connectivity index is 1.54. The number of halogens is 2. The van der Waals surface area contributed by atoms with Crippen LogP contribution in [0.1, 0.15) is 65.1 Å². The highest BCUT2D eigenvalue weighted by Crippen LogP contribution is 2.43. The van der Waals surface area contributed by atoms with Crippen LogP contribution < -0.4 is 10.2 Å². The largest absolute Gasteiger partial charge is 0.341 e. The minimum absolute atomic E-state index is 0.0290. The number of anilines is 1. The van der Waals surface area contributed by atoms with Gasteiger partial charge in [-0.05, 0) is 18.9 Å². The van der Waals surface area contributed by atoms with Crippen LogP contribution in [0.2, 0.25) is 0 Å². The van der Waals surface area contributed by atoms with Crippen molar-refractivity contribution in [3.05, 3.63) is 23.5 Å². The molecule has 2 saturated heterocycles. The number of hydrogen-bond donors (Lipinski definition) is 1. The van der Waals surface area contributed by atoms with E-state index in [1.54, 1.807) is 11.8 Å². The minimum atomic E-state index is -3.02. The number of fused-ring (bicyclic) bond motifs is 1. The molecule has 7 nitrogen and oxygen atoms in total. The van der Waals surface area contributed by atoms with Crippen molar-refractivity contribution in [1.82, 2.24) is 20.1 Å². The number of nitrogens with one attached hydrogen (secondary N) is 1. The van der Waals surface area contributed by atoms with Gasteiger partial charge in [0.2, 0.25) is 11.8 Å². The van der Waals surface area contributed by atoms with E-state index in [0.717, 1.165) is 12.1 Å². The lowest BCUT2D eigenvalue weighted by atomic mass is 9.88. The Labute approximate surface area is 207 Å². The third-order valence-corrected chi connectivity index (χ3v) is 7.60. The van der Waals surface area contributed by atoms with Crippen LogP contribution >= 0.6 is 0 Å². The van der Waals surface area contributed by atoms with Crippen LogP contribution in [0, 0.1) is 5.92 Å². The number of carbonyl (C=O) groups is 2. The van der Waals surface area contributed by atoms with E-state index in [1.807, 2.05) is 18.7 Å². The Morgan fingerprint density at radius 2 is 2.03 bits per heavy atom. The molecule has 2 fully saturated rings.